The third-order valence-corrected chi connectivity index (χ3v) is 5.36. The molecule has 0 aliphatic heterocycles. The lowest BCUT2D eigenvalue weighted by molar-refractivity contribution is -0.113. The Kier molecular flexibility index (Phi) is 7.86. The van der Waals surface area contributed by atoms with Gasteiger partial charge in [-0.3, -0.25) is 9.36 Å². The Morgan fingerprint density at radius 2 is 1.87 bits per heavy atom. The van der Waals surface area contributed by atoms with Gasteiger partial charge in [0.25, 0.3) is 0 Å². The number of carbonyl (C=O) groups is 2. The summed E-state index contributed by atoms with van der Waals surface area (Å²) < 4.78 is 6.84. The minimum Gasteiger partial charge on any atom is -0.462 e. The van der Waals surface area contributed by atoms with Gasteiger partial charge in [0.15, 0.2) is 11.0 Å². The summed E-state index contributed by atoms with van der Waals surface area (Å²) in [6.07, 6.45) is 1.75. The molecule has 0 aliphatic rings. The van der Waals surface area contributed by atoms with Crippen molar-refractivity contribution >= 4 is 40.9 Å². The van der Waals surface area contributed by atoms with Crippen LogP contribution in [0.5, 0.6) is 0 Å². The predicted octanol–water partition coefficient (Wildman–Crippen LogP) is 4.69. The number of aromatic nitrogens is 3. The van der Waals surface area contributed by atoms with Crippen molar-refractivity contribution in [3.05, 3.63) is 71.8 Å². The lowest BCUT2D eigenvalue weighted by atomic mass is 10.2. The molecule has 0 saturated carbocycles. The van der Waals surface area contributed by atoms with Gasteiger partial charge >= 0.3 is 5.97 Å². The molecule has 3 aromatic rings. The van der Waals surface area contributed by atoms with Crippen molar-refractivity contribution in [3.63, 3.8) is 0 Å². The summed E-state index contributed by atoms with van der Waals surface area (Å²) >= 11 is 7.24. The van der Waals surface area contributed by atoms with Gasteiger partial charge in [-0.15, -0.1) is 16.8 Å². The van der Waals surface area contributed by atoms with E-state index in [0.29, 0.717) is 40.4 Å². The Morgan fingerprint density at radius 3 is 2.52 bits per heavy atom. The van der Waals surface area contributed by atoms with Crippen LogP contribution < -0.4 is 5.32 Å². The summed E-state index contributed by atoms with van der Waals surface area (Å²) in [6.45, 7) is 6.35. The Hall–Kier alpha value is -3.10. The van der Waals surface area contributed by atoms with Gasteiger partial charge in [0.05, 0.1) is 17.9 Å². The number of nitrogens with zero attached hydrogens (tertiary/aromatic N) is 3. The van der Waals surface area contributed by atoms with Crippen LogP contribution in [0, 0.1) is 0 Å². The van der Waals surface area contributed by atoms with Gasteiger partial charge in [-0.05, 0) is 55.5 Å². The van der Waals surface area contributed by atoms with E-state index >= 15 is 0 Å². The lowest BCUT2D eigenvalue weighted by Gasteiger charge is -2.09. The molecule has 9 heteroatoms. The normalized spacial score (nSPS) is 10.5. The largest absolute Gasteiger partial charge is 0.462 e. The van der Waals surface area contributed by atoms with E-state index in [1.807, 2.05) is 16.7 Å². The first-order chi connectivity index (χ1) is 15.0. The number of esters is 1. The maximum absolute atomic E-state index is 12.4. The standard InChI is InChI=1S/C22H21ClN4O3S/c1-3-13-27-20(15-5-9-17(23)10-6-15)25-26-22(27)31-14-19(28)24-18-11-7-16(8-12-18)21(29)30-4-2/h3,5-12H,1,4,13-14H2,2H3,(H,24,28). The molecule has 0 fully saturated rings. The SMILES string of the molecule is C=CCn1c(SCC(=O)Nc2ccc(C(=O)OCC)cc2)nnc1-c1ccc(Cl)cc1. The summed E-state index contributed by atoms with van der Waals surface area (Å²) in [5, 5.41) is 12.5. The molecule has 0 aliphatic carbocycles. The van der Waals surface area contributed by atoms with Crippen molar-refractivity contribution < 1.29 is 14.3 Å². The van der Waals surface area contributed by atoms with Gasteiger partial charge in [-0.2, -0.15) is 0 Å². The van der Waals surface area contributed by atoms with Crippen LogP contribution in [0.25, 0.3) is 11.4 Å². The third-order valence-electron chi connectivity index (χ3n) is 4.14. The molecule has 2 aromatic carbocycles. The van der Waals surface area contributed by atoms with Gasteiger partial charge in [0.2, 0.25) is 5.91 Å². The van der Waals surface area contributed by atoms with E-state index in [1.54, 1.807) is 49.4 Å². The highest BCUT2D eigenvalue weighted by Crippen LogP contribution is 2.25. The van der Waals surface area contributed by atoms with Crippen molar-refractivity contribution in [3.8, 4) is 11.4 Å². The second kappa shape index (κ2) is 10.8. The van der Waals surface area contributed by atoms with Gasteiger partial charge in [-0.25, -0.2) is 4.79 Å². The number of ether oxygens (including phenoxy) is 1. The molecule has 0 unspecified atom stereocenters. The number of rotatable bonds is 9. The molecule has 160 valence electrons. The predicted molar refractivity (Wildman–Crippen MR) is 122 cm³/mol. The van der Waals surface area contributed by atoms with Crippen molar-refractivity contribution in [2.75, 3.05) is 17.7 Å². The Labute approximate surface area is 189 Å². The van der Waals surface area contributed by atoms with Crippen LogP contribution in [0.2, 0.25) is 5.02 Å². The average molecular weight is 457 g/mol. The lowest BCUT2D eigenvalue weighted by Crippen LogP contribution is -2.15. The fourth-order valence-electron chi connectivity index (χ4n) is 2.73. The maximum atomic E-state index is 12.4. The quantitative estimate of drug-likeness (QED) is 0.285. The molecule has 0 saturated heterocycles. The number of anilines is 1. The van der Waals surface area contributed by atoms with E-state index in [2.05, 4.69) is 22.1 Å². The Balaban J connectivity index is 1.64. The summed E-state index contributed by atoms with van der Waals surface area (Å²) in [5.41, 5.74) is 1.89. The topological polar surface area (TPSA) is 86.1 Å². The van der Waals surface area contributed by atoms with E-state index in [1.165, 1.54) is 11.8 Å². The highest BCUT2D eigenvalue weighted by molar-refractivity contribution is 7.99. The third kappa shape index (κ3) is 5.96. The molecule has 0 bridgehead atoms. The van der Waals surface area contributed by atoms with Gasteiger partial charge in [0, 0.05) is 22.8 Å². The molecule has 1 N–H and O–H groups in total. The van der Waals surface area contributed by atoms with Crippen LogP contribution in [0.3, 0.4) is 0 Å². The first kappa shape index (κ1) is 22.6. The van der Waals surface area contributed by atoms with Crippen LogP contribution >= 0.6 is 23.4 Å². The number of amides is 1. The van der Waals surface area contributed by atoms with Gasteiger partial charge < -0.3 is 10.1 Å². The maximum Gasteiger partial charge on any atom is 0.338 e. The summed E-state index contributed by atoms with van der Waals surface area (Å²) in [4.78, 5) is 24.1. The first-order valence-corrected chi connectivity index (χ1v) is 10.9. The summed E-state index contributed by atoms with van der Waals surface area (Å²) in [5.74, 6) is 0.230. The molecular weight excluding hydrogens is 436 g/mol. The van der Waals surface area contributed by atoms with Crippen LogP contribution in [0.4, 0.5) is 5.69 Å². The summed E-state index contributed by atoms with van der Waals surface area (Å²) in [6, 6.07) is 13.9. The van der Waals surface area contributed by atoms with E-state index in [4.69, 9.17) is 16.3 Å². The van der Waals surface area contributed by atoms with Crippen molar-refractivity contribution in [2.45, 2.75) is 18.6 Å². The fourth-order valence-corrected chi connectivity index (χ4v) is 3.61. The number of thioether (sulfide) groups is 1. The zero-order chi connectivity index (χ0) is 22.2. The zero-order valence-corrected chi connectivity index (χ0v) is 18.4. The molecule has 1 amide bonds. The van der Waals surface area contributed by atoms with Crippen LogP contribution in [-0.2, 0) is 16.1 Å². The summed E-state index contributed by atoms with van der Waals surface area (Å²) in [7, 11) is 0. The smallest absolute Gasteiger partial charge is 0.338 e. The van der Waals surface area contributed by atoms with Gasteiger partial charge in [-0.1, -0.05) is 29.4 Å². The van der Waals surface area contributed by atoms with E-state index in [0.717, 1.165) is 5.56 Å². The van der Waals surface area contributed by atoms with E-state index < -0.39 is 5.97 Å². The van der Waals surface area contributed by atoms with E-state index in [9.17, 15) is 9.59 Å². The molecule has 0 atom stereocenters. The Bertz CT molecular complexity index is 1070. The number of hydrogen-bond donors (Lipinski definition) is 1. The monoisotopic (exact) mass is 456 g/mol. The van der Waals surface area contributed by atoms with Crippen molar-refractivity contribution in [2.24, 2.45) is 0 Å². The zero-order valence-electron chi connectivity index (χ0n) is 16.9. The van der Waals surface area contributed by atoms with Crippen LogP contribution in [0.1, 0.15) is 17.3 Å². The van der Waals surface area contributed by atoms with Crippen LogP contribution in [-0.4, -0.2) is 39.0 Å². The number of allylic oxidation sites excluding steroid dienone is 1. The van der Waals surface area contributed by atoms with Crippen molar-refractivity contribution in [1.29, 1.82) is 0 Å². The van der Waals surface area contributed by atoms with Crippen LogP contribution in [0.15, 0.2) is 66.3 Å². The highest BCUT2D eigenvalue weighted by Gasteiger charge is 2.15. The number of benzene rings is 2. The van der Waals surface area contributed by atoms with E-state index in [-0.39, 0.29) is 11.7 Å². The molecule has 7 nitrogen and oxygen atoms in total. The Morgan fingerprint density at radius 1 is 1.16 bits per heavy atom. The van der Waals surface area contributed by atoms with Gasteiger partial charge in [0.1, 0.15) is 0 Å². The average Bonchev–Trinajstić information content (AvgIpc) is 3.16. The second-order valence-corrected chi connectivity index (χ2v) is 7.73. The number of hydrogen-bond acceptors (Lipinski definition) is 6. The molecule has 1 heterocycles. The molecule has 0 spiro atoms. The number of carbonyl (C=O) groups excluding carboxylic acids is 2. The minimum absolute atomic E-state index is 0.148. The van der Waals surface area contributed by atoms with Crippen molar-refractivity contribution in [1.82, 2.24) is 14.8 Å². The number of halogens is 1. The second-order valence-electron chi connectivity index (χ2n) is 6.35. The molecule has 1 aromatic heterocycles. The minimum atomic E-state index is -0.394. The molecule has 3 rings (SSSR count). The highest BCUT2D eigenvalue weighted by atomic mass is 35.5. The molecular formula is C22H21ClN4O3S. The number of nitrogens with one attached hydrogen (secondary N) is 1. The first-order valence-electron chi connectivity index (χ1n) is 9.51. The molecule has 31 heavy (non-hydrogen) atoms. The fraction of sp³-hybridized carbons (Fsp3) is 0.182. The molecule has 0 radical (unpaired) electrons.